The largest absolute Gasteiger partial charge is 0.488 e. The number of hydrogen-bond donors (Lipinski definition) is 1. The Morgan fingerprint density at radius 3 is 2.70 bits per heavy atom. The molecule has 0 aromatic heterocycles. The summed E-state index contributed by atoms with van der Waals surface area (Å²) in [7, 11) is 0. The maximum absolute atomic E-state index is 13.3. The summed E-state index contributed by atoms with van der Waals surface area (Å²) >= 11 is 11.7. The average Bonchev–Trinajstić information content (AvgIpc) is 2.41. The van der Waals surface area contributed by atoms with Crippen molar-refractivity contribution in [1.82, 2.24) is 0 Å². The van der Waals surface area contributed by atoms with Gasteiger partial charge in [-0.3, -0.25) is 0 Å². The molecule has 0 heterocycles. The van der Waals surface area contributed by atoms with Gasteiger partial charge < -0.3 is 9.84 Å². The van der Waals surface area contributed by atoms with Gasteiger partial charge in [-0.1, -0.05) is 35.3 Å². The first-order valence-electron chi connectivity index (χ1n) is 6.02. The highest BCUT2D eigenvalue weighted by Gasteiger charge is 2.12. The fourth-order valence-corrected chi connectivity index (χ4v) is 2.15. The van der Waals surface area contributed by atoms with E-state index in [2.05, 4.69) is 0 Å². The van der Waals surface area contributed by atoms with Crippen LogP contribution in [0, 0.1) is 5.82 Å². The SMILES string of the molecule is C[C@@H](O)c1cc(Cl)ccc1OCc1cccc(F)c1Cl. The highest BCUT2D eigenvalue weighted by Crippen LogP contribution is 2.29. The molecule has 0 aliphatic carbocycles. The van der Waals surface area contributed by atoms with Crippen molar-refractivity contribution in [1.29, 1.82) is 0 Å². The standard InChI is InChI=1S/C15H13Cl2FO2/c1-9(19)12-7-11(16)5-6-14(12)20-8-10-3-2-4-13(18)15(10)17/h2-7,9,19H,8H2,1H3/t9-/m1/s1. The molecule has 0 aliphatic rings. The summed E-state index contributed by atoms with van der Waals surface area (Å²) in [6.07, 6.45) is -0.716. The molecule has 0 bridgehead atoms. The Hall–Kier alpha value is -1.29. The van der Waals surface area contributed by atoms with Gasteiger partial charge in [0.05, 0.1) is 11.1 Å². The predicted octanol–water partition coefficient (Wildman–Crippen LogP) is 4.76. The summed E-state index contributed by atoms with van der Waals surface area (Å²) in [5.74, 6) is 0.00403. The molecule has 0 fully saturated rings. The van der Waals surface area contributed by atoms with Crippen molar-refractivity contribution in [2.75, 3.05) is 0 Å². The number of aliphatic hydroxyl groups excluding tert-OH is 1. The Morgan fingerprint density at radius 2 is 2.00 bits per heavy atom. The second kappa shape index (κ2) is 6.44. The van der Waals surface area contributed by atoms with Crippen LogP contribution in [0.5, 0.6) is 5.75 Å². The van der Waals surface area contributed by atoms with Crippen LogP contribution in [-0.4, -0.2) is 5.11 Å². The highest BCUT2D eigenvalue weighted by molar-refractivity contribution is 6.31. The van der Waals surface area contributed by atoms with Crippen LogP contribution in [0.4, 0.5) is 4.39 Å². The van der Waals surface area contributed by atoms with Crippen molar-refractivity contribution in [3.05, 3.63) is 63.4 Å². The van der Waals surface area contributed by atoms with Gasteiger partial charge >= 0.3 is 0 Å². The molecule has 1 atom stereocenters. The van der Waals surface area contributed by atoms with E-state index in [1.54, 1.807) is 37.3 Å². The van der Waals surface area contributed by atoms with Crippen LogP contribution in [0.15, 0.2) is 36.4 Å². The van der Waals surface area contributed by atoms with Crippen LogP contribution < -0.4 is 4.74 Å². The molecule has 1 N–H and O–H groups in total. The van der Waals surface area contributed by atoms with Crippen molar-refractivity contribution < 1.29 is 14.2 Å². The zero-order valence-electron chi connectivity index (χ0n) is 10.7. The van der Waals surface area contributed by atoms with Crippen LogP contribution in [0.2, 0.25) is 10.0 Å². The van der Waals surface area contributed by atoms with E-state index in [9.17, 15) is 9.50 Å². The molecule has 0 saturated carbocycles. The van der Waals surface area contributed by atoms with Gasteiger partial charge in [0.2, 0.25) is 0 Å². The minimum Gasteiger partial charge on any atom is -0.488 e. The third kappa shape index (κ3) is 3.42. The number of rotatable bonds is 4. The van der Waals surface area contributed by atoms with E-state index in [1.807, 2.05) is 0 Å². The van der Waals surface area contributed by atoms with E-state index in [0.29, 0.717) is 21.9 Å². The lowest BCUT2D eigenvalue weighted by Gasteiger charge is -2.14. The molecule has 106 valence electrons. The van der Waals surface area contributed by atoms with E-state index in [4.69, 9.17) is 27.9 Å². The first kappa shape index (κ1) is 15.1. The monoisotopic (exact) mass is 314 g/mol. The van der Waals surface area contributed by atoms with Crippen LogP contribution in [0.3, 0.4) is 0 Å². The van der Waals surface area contributed by atoms with E-state index in [0.717, 1.165) is 0 Å². The Morgan fingerprint density at radius 1 is 1.25 bits per heavy atom. The van der Waals surface area contributed by atoms with E-state index >= 15 is 0 Å². The van der Waals surface area contributed by atoms with Gasteiger partial charge in [-0.15, -0.1) is 0 Å². The second-order valence-electron chi connectivity index (χ2n) is 4.36. The van der Waals surface area contributed by atoms with Crippen molar-refractivity contribution in [3.8, 4) is 5.75 Å². The van der Waals surface area contributed by atoms with Crippen molar-refractivity contribution in [3.63, 3.8) is 0 Å². The van der Waals surface area contributed by atoms with Gasteiger partial charge in [-0.25, -0.2) is 4.39 Å². The number of ether oxygens (including phenoxy) is 1. The Labute approximate surface area is 126 Å². The third-order valence-electron chi connectivity index (χ3n) is 2.84. The normalized spacial score (nSPS) is 12.2. The molecule has 0 aliphatic heterocycles. The lowest BCUT2D eigenvalue weighted by atomic mass is 10.1. The molecular weight excluding hydrogens is 302 g/mol. The molecule has 0 spiro atoms. The molecular formula is C15H13Cl2FO2. The highest BCUT2D eigenvalue weighted by atomic mass is 35.5. The Kier molecular flexibility index (Phi) is 4.86. The molecule has 2 rings (SSSR count). The zero-order valence-corrected chi connectivity index (χ0v) is 12.2. The fourth-order valence-electron chi connectivity index (χ4n) is 1.79. The number of benzene rings is 2. The Balaban J connectivity index is 2.21. The average molecular weight is 315 g/mol. The van der Waals surface area contributed by atoms with E-state index in [-0.39, 0.29) is 11.6 Å². The topological polar surface area (TPSA) is 29.5 Å². The second-order valence-corrected chi connectivity index (χ2v) is 5.17. The van der Waals surface area contributed by atoms with Crippen LogP contribution in [-0.2, 0) is 6.61 Å². The third-order valence-corrected chi connectivity index (χ3v) is 3.50. The van der Waals surface area contributed by atoms with Gasteiger partial charge in [0.15, 0.2) is 0 Å². The minimum absolute atomic E-state index is 0.0417. The first-order valence-corrected chi connectivity index (χ1v) is 6.78. The molecule has 0 unspecified atom stereocenters. The van der Waals surface area contributed by atoms with Crippen molar-refractivity contribution in [2.24, 2.45) is 0 Å². The molecule has 0 amide bonds. The summed E-state index contributed by atoms with van der Waals surface area (Å²) in [6.45, 7) is 1.73. The lowest BCUT2D eigenvalue weighted by molar-refractivity contribution is 0.190. The van der Waals surface area contributed by atoms with E-state index in [1.165, 1.54) is 6.07 Å². The number of aliphatic hydroxyl groups is 1. The molecule has 5 heteroatoms. The fraction of sp³-hybridized carbons (Fsp3) is 0.200. The van der Waals surface area contributed by atoms with Crippen molar-refractivity contribution in [2.45, 2.75) is 19.6 Å². The number of hydrogen-bond acceptors (Lipinski definition) is 2. The summed E-state index contributed by atoms with van der Waals surface area (Å²) < 4.78 is 18.9. The molecule has 2 aromatic carbocycles. The van der Waals surface area contributed by atoms with Crippen molar-refractivity contribution >= 4 is 23.2 Å². The van der Waals surface area contributed by atoms with Crippen LogP contribution in [0.1, 0.15) is 24.2 Å². The first-order chi connectivity index (χ1) is 9.49. The maximum atomic E-state index is 13.3. The number of halogens is 3. The van der Waals surface area contributed by atoms with Gasteiger partial charge in [-0.2, -0.15) is 0 Å². The summed E-state index contributed by atoms with van der Waals surface area (Å²) in [4.78, 5) is 0. The molecule has 0 saturated heterocycles. The van der Waals surface area contributed by atoms with Gasteiger partial charge in [0, 0.05) is 16.1 Å². The quantitative estimate of drug-likeness (QED) is 0.881. The Bertz CT molecular complexity index is 615. The van der Waals surface area contributed by atoms with Crippen LogP contribution in [0.25, 0.3) is 0 Å². The maximum Gasteiger partial charge on any atom is 0.142 e. The summed E-state index contributed by atoms with van der Waals surface area (Å²) in [5, 5.41) is 10.3. The van der Waals surface area contributed by atoms with Gasteiger partial charge in [0.25, 0.3) is 0 Å². The van der Waals surface area contributed by atoms with Gasteiger partial charge in [-0.05, 0) is 31.2 Å². The minimum atomic E-state index is -0.716. The summed E-state index contributed by atoms with van der Waals surface area (Å²) in [5.41, 5.74) is 1.11. The lowest BCUT2D eigenvalue weighted by Crippen LogP contribution is -2.02. The smallest absolute Gasteiger partial charge is 0.142 e. The predicted molar refractivity (Wildman–Crippen MR) is 77.8 cm³/mol. The summed E-state index contributed by atoms with van der Waals surface area (Å²) in [6, 6.07) is 9.50. The molecule has 0 radical (unpaired) electrons. The van der Waals surface area contributed by atoms with E-state index < -0.39 is 11.9 Å². The van der Waals surface area contributed by atoms with Gasteiger partial charge in [0.1, 0.15) is 18.2 Å². The molecule has 2 nitrogen and oxygen atoms in total. The van der Waals surface area contributed by atoms with Crippen LogP contribution >= 0.6 is 23.2 Å². The zero-order chi connectivity index (χ0) is 14.7. The molecule has 2 aromatic rings. The molecule has 20 heavy (non-hydrogen) atoms.